The van der Waals surface area contributed by atoms with Gasteiger partial charge in [0.05, 0.1) is 0 Å². The molecular formula is C12H19N5OS. The molecule has 6 nitrogen and oxygen atoms in total. The number of hydrogen-bond donors (Lipinski definition) is 3. The molecule has 2 unspecified atom stereocenters. The number of nitrogen functional groups attached to an aromatic ring is 1. The molecule has 4 N–H and O–H groups in total. The molecule has 2 rings (SSSR count). The monoisotopic (exact) mass is 281 g/mol. The van der Waals surface area contributed by atoms with Crippen LogP contribution < -0.4 is 16.6 Å². The third-order valence-electron chi connectivity index (χ3n) is 3.37. The van der Waals surface area contributed by atoms with E-state index in [1.165, 1.54) is 12.8 Å². The Morgan fingerprint density at radius 3 is 2.79 bits per heavy atom. The van der Waals surface area contributed by atoms with Gasteiger partial charge < -0.3 is 10.7 Å². The highest BCUT2D eigenvalue weighted by molar-refractivity contribution is 7.99. The highest BCUT2D eigenvalue weighted by Crippen LogP contribution is 2.27. The predicted molar refractivity (Wildman–Crippen MR) is 76.9 cm³/mol. The number of carbonyl (C=O) groups is 1. The molecule has 1 saturated carbocycles. The van der Waals surface area contributed by atoms with Gasteiger partial charge in [-0.1, -0.05) is 12.8 Å². The van der Waals surface area contributed by atoms with Crippen LogP contribution in [0.3, 0.4) is 0 Å². The van der Waals surface area contributed by atoms with Gasteiger partial charge in [0, 0.05) is 11.3 Å². The van der Waals surface area contributed by atoms with Crippen molar-refractivity contribution in [1.82, 2.24) is 15.5 Å². The maximum atomic E-state index is 12.1. The quantitative estimate of drug-likeness (QED) is 0.566. The molecule has 0 saturated heterocycles. The van der Waals surface area contributed by atoms with Gasteiger partial charge in [-0.2, -0.15) is 11.8 Å². The molecule has 0 spiro atoms. The molecule has 0 aromatic carbocycles. The molecule has 0 aliphatic heterocycles. The van der Waals surface area contributed by atoms with Gasteiger partial charge in [0.2, 0.25) is 0 Å². The molecule has 1 aliphatic carbocycles. The van der Waals surface area contributed by atoms with Crippen LogP contribution in [0.2, 0.25) is 0 Å². The maximum absolute atomic E-state index is 12.1. The van der Waals surface area contributed by atoms with Gasteiger partial charge in [-0.3, -0.25) is 4.79 Å². The Morgan fingerprint density at radius 1 is 1.37 bits per heavy atom. The minimum atomic E-state index is -0.165. The van der Waals surface area contributed by atoms with Crippen molar-refractivity contribution in [3.05, 3.63) is 17.8 Å². The molecule has 104 valence electrons. The van der Waals surface area contributed by atoms with E-state index >= 15 is 0 Å². The predicted octanol–water partition coefficient (Wildman–Crippen LogP) is 1.17. The van der Waals surface area contributed by atoms with Gasteiger partial charge in [0.1, 0.15) is 0 Å². The molecule has 0 bridgehead atoms. The summed E-state index contributed by atoms with van der Waals surface area (Å²) in [6.45, 7) is 0. The van der Waals surface area contributed by atoms with Crippen LogP contribution in [0.5, 0.6) is 0 Å². The van der Waals surface area contributed by atoms with Crippen LogP contribution in [0, 0.1) is 0 Å². The Balaban J connectivity index is 1.98. The van der Waals surface area contributed by atoms with Crippen molar-refractivity contribution in [3.63, 3.8) is 0 Å². The summed E-state index contributed by atoms with van der Waals surface area (Å²) in [6.07, 6.45) is 6.70. The second kappa shape index (κ2) is 6.72. The summed E-state index contributed by atoms with van der Waals surface area (Å²) < 4.78 is 0. The van der Waals surface area contributed by atoms with Crippen LogP contribution in [0.25, 0.3) is 0 Å². The van der Waals surface area contributed by atoms with Crippen molar-refractivity contribution in [2.75, 3.05) is 11.7 Å². The van der Waals surface area contributed by atoms with Gasteiger partial charge in [0.25, 0.3) is 5.91 Å². The zero-order chi connectivity index (χ0) is 13.7. The molecule has 1 aliphatic rings. The van der Waals surface area contributed by atoms with E-state index in [-0.39, 0.29) is 11.9 Å². The van der Waals surface area contributed by atoms with E-state index < -0.39 is 0 Å². The molecule has 2 atom stereocenters. The number of carbonyl (C=O) groups excluding carboxylic acids is 1. The van der Waals surface area contributed by atoms with E-state index in [9.17, 15) is 4.79 Å². The van der Waals surface area contributed by atoms with Crippen molar-refractivity contribution in [3.8, 4) is 0 Å². The first kappa shape index (κ1) is 14.1. The highest BCUT2D eigenvalue weighted by atomic mass is 32.2. The summed E-state index contributed by atoms with van der Waals surface area (Å²) >= 11 is 1.82. The molecule has 1 amide bonds. The number of aromatic nitrogens is 2. The lowest BCUT2D eigenvalue weighted by Crippen LogP contribution is -2.44. The van der Waals surface area contributed by atoms with Crippen LogP contribution in [0.4, 0.5) is 5.82 Å². The Labute approximate surface area is 116 Å². The number of thioether (sulfide) groups is 1. The number of hydrazine groups is 1. The summed E-state index contributed by atoms with van der Waals surface area (Å²) in [5, 5.41) is 11.2. The van der Waals surface area contributed by atoms with E-state index in [0.717, 1.165) is 12.8 Å². The molecule has 1 heterocycles. The zero-order valence-corrected chi connectivity index (χ0v) is 11.7. The Kier molecular flexibility index (Phi) is 4.98. The van der Waals surface area contributed by atoms with E-state index in [1.54, 1.807) is 12.1 Å². The molecule has 1 fully saturated rings. The number of nitrogens with two attached hydrogens (primary N) is 1. The molecular weight excluding hydrogens is 262 g/mol. The second-order valence-electron chi connectivity index (χ2n) is 4.59. The minimum absolute atomic E-state index is 0.165. The van der Waals surface area contributed by atoms with Crippen LogP contribution in [0.15, 0.2) is 12.1 Å². The lowest BCUT2D eigenvalue weighted by atomic mass is 9.95. The van der Waals surface area contributed by atoms with Crippen molar-refractivity contribution >= 4 is 23.5 Å². The highest BCUT2D eigenvalue weighted by Gasteiger charge is 2.26. The minimum Gasteiger partial charge on any atom is -0.347 e. The van der Waals surface area contributed by atoms with E-state index in [1.807, 2.05) is 11.8 Å². The van der Waals surface area contributed by atoms with Gasteiger partial charge in [-0.15, -0.1) is 10.2 Å². The second-order valence-corrected chi connectivity index (χ2v) is 5.66. The Bertz CT molecular complexity index is 425. The molecule has 7 heteroatoms. The molecule has 19 heavy (non-hydrogen) atoms. The Morgan fingerprint density at radius 2 is 2.16 bits per heavy atom. The van der Waals surface area contributed by atoms with Crippen LogP contribution in [-0.2, 0) is 0 Å². The first-order chi connectivity index (χ1) is 9.24. The number of hydrogen-bond acceptors (Lipinski definition) is 6. The normalized spacial score (nSPS) is 22.8. The van der Waals surface area contributed by atoms with Crippen molar-refractivity contribution in [1.29, 1.82) is 0 Å². The van der Waals surface area contributed by atoms with E-state index in [2.05, 4.69) is 27.2 Å². The van der Waals surface area contributed by atoms with Crippen molar-refractivity contribution in [2.45, 2.75) is 37.0 Å². The molecule has 1 aromatic heterocycles. The summed E-state index contributed by atoms with van der Waals surface area (Å²) in [5.74, 6) is 5.48. The smallest absolute Gasteiger partial charge is 0.272 e. The average Bonchev–Trinajstić information content (AvgIpc) is 2.48. The third kappa shape index (κ3) is 3.57. The third-order valence-corrected chi connectivity index (χ3v) is 4.54. The number of nitrogens with zero attached hydrogens (tertiary/aromatic N) is 2. The average molecular weight is 281 g/mol. The SMILES string of the molecule is CSC1CCCCC1NC(=O)c1ccc(NN)nn1. The lowest BCUT2D eigenvalue weighted by Gasteiger charge is -2.30. The maximum Gasteiger partial charge on any atom is 0.272 e. The van der Waals surface area contributed by atoms with Gasteiger partial charge in [-0.25, -0.2) is 5.84 Å². The fourth-order valence-electron chi connectivity index (χ4n) is 2.32. The van der Waals surface area contributed by atoms with Gasteiger partial charge >= 0.3 is 0 Å². The lowest BCUT2D eigenvalue weighted by molar-refractivity contribution is 0.0923. The first-order valence-corrected chi connectivity index (χ1v) is 7.67. The standard InChI is InChI=1S/C12H19N5OS/c1-19-10-5-3-2-4-8(10)14-12(18)9-6-7-11(15-13)17-16-9/h6-8,10H,2-5,13H2,1H3,(H,14,18)(H,15,17). The summed E-state index contributed by atoms with van der Waals surface area (Å²) in [6, 6.07) is 3.48. The molecule has 0 radical (unpaired) electrons. The fraction of sp³-hybridized carbons (Fsp3) is 0.583. The first-order valence-electron chi connectivity index (χ1n) is 6.38. The summed E-state index contributed by atoms with van der Waals surface area (Å²) in [4.78, 5) is 12.1. The summed E-state index contributed by atoms with van der Waals surface area (Å²) in [7, 11) is 0. The van der Waals surface area contributed by atoms with Crippen molar-refractivity contribution < 1.29 is 4.79 Å². The van der Waals surface area contributed by atoms with Gasteiger partial charge in [-0.05, 0) is 31.2 Å². The topological polar surface area (TPSA) is 92.9 Å². The fourth-order valence-corrected chi connectivity index (χ4v) is 3.25. The van der Waals surface area contributed by atoms with Gasteiger partial charge in [0.15, 0.2) is 11.5 Å². The number of amides is 1. The largest absolute Gasteiger partial charge is 0.347 e. The molecule has 1 aromatic rings. The van der Waals surface area contributed by atoms with Crippen molar-refractivity contribution in [2.24, 2.45) is 5.84 Å². The van der Waals surface area contributed by atoms with Crippen LogP contribution in [-0.4, -0.2) is 33.7 Å². The number of anilines is 1. The van der Waals surface area contributed by atoms with Crippen LogP contribution in [0.1, 0.15) is 36.2 Å². The van der Waals surface area contributed by atoms with E-state index in [0.29, 0.717) is 16.8 Å². The number of rotatable bonds is 4. The number of nitrogens with one attached hydrogen (secondary N) is 2. The zero-order valence-electron chi connectivity index (χ0n) is 10.9. The van der Waals surface area contributed by atoms with E-state index in [4.69, 9.17) is 5.84 Å². The Hall–Kier alpha value is -1.34. The van der Waals surface area contributed by atoms with Crippen LogP contribution >= 0.6 is 11.8 Å². The summed E-state index contributed by atoms with van der Waals surface area (Å²) in [5.41, 5.74) is 2.71.